The topological polar surface area (TPSA) is 62.2 Å². The zero-order valence-electron chi connectivity index (χ0n) is 8.10. The number of carbonyl (C=O) groups excluding carboxylic acids is 1. The summed E-state index contributed by atoms with van der Waals surface area (Å²) in [5.41, 5.74) is 1.00. The third-order valence-corrected chi connectivity index (χ3v) is 1.83. The number of carbonyl (C=O) groups is 1. The third kappa shape index (κ3) is 3.53. The molecule has 0 aliphatic heterocycles. The third-order valence-electron chi connectivity index (χ3n) is 1.83. The van der Waals surface area contributed by atoms with Gasteiger partial charge in [-0.3, -0.25) is 9.78 Å². The second-order valence-corrected chi connectivity index (χ2v) is 3.15. The van der Waals surface area contributed by atoms with Gasteiger partial charge < -0.3 is 10.4 Å². The van der Waals surface area contributed by atoms with Crippen molar-refractivity contribution in [2.45, 2.75) is 19.4 Å². The lowest BCUT2D eigenvalue weighted by Gasteiger charge is -2.14. The molecule has 0 saturated carbocycles. The molecule has 1 amide bonds. The Morgan fingerprint density at radius 2 is 2.50 bits per heavy atom. The molecule has 0 saturated heterocycles. The largest absolute Gasteiger partial charge is 0.394 e. The maximum absolute atomic E-state index is 10.8. The fourth-order valence-corrected chi connectivity index (χ4v) is 1.25. The predicted molar refractivity (Wildman–Crippen MR) is 52.6 cm³/mol. The van der Waals surface area contributed by atoms with Crippen LogP contribution in [0.5, 0.6) is 0 Å². The van der Waals surface area contributed by atoms with Crippen LogP contribution in [0.1, 0.15) is 12.5 Å². The van der Waals surface area contributed by atoms with Crippen molar-refractivity contribution >= 4 is 5.91 Å². The number of amides is 1. The Morgan fingerprint density at radius 1 is 1.71 bits per heavy atom. The average molecular weight is 194 g/mol. The second-order valence-electron chi connectivity index (χ2n) is 3.15. The summed E-state index contributed by atoms with van der Waals surface area (Å²) in [7, 11) is 0. The lowest BCUT2D eigenvalue weighted by atomic mass is 10.1. The molecule has 1 atom stereocenters. The van der Waals surface area contributed by atoms with Gasteiger partial charge in [-0.15, -0.1) is 0 Å². The van der Waals surface area contributed by atoms with E-state index in [4.69, 9.17) is 5.11 Å². The molecule has 0 fully saturated rings. The van der Waals surface area contributed by atoms with Crippen LogP contribution in [0.2, 0.25) is 0 Å². The van der Waals surface area contributed by atoms with E-state index in [1.807, 2.05) is 12.1 Å². The summed E-state index contributed by atoms with van der Waals surface area (Å²) in [4.78, 5) is 14.7. The number of aliphatic hydroxyl groups is 1. The Bertz CT molecular complexity index is 287. The van der Waals surface area contributed by atoms with Gasteiger partial charge in [-0.25, -0.2) is 0 Å². The van der Waals surface area contributed by atoms with Crippen molar-refractivity contribution in [2.75, 3.05) is 6.61 Å². The molecule has 0 aromatic carbocycles. The zero-order valence-corrected chi connectivity index (χ0v) is 8.10. The predicted octanol–water partition coefficient (Wildman–Crippen LogP) is 0.121. The zero-order chi connectivity index (χ0) is 10.4. The number of hydrogen-bond donors (Lipinski definition) is 2. The van der Waals surface area contributed by atoms with Gasteiger partial charge >= 0.3 is 0 Å². The average Bonchev–Trinajstić information content (AvgIpc) is 2.17. The van der Waals surface area contributed by atoms with Crippen LogP contribution in [0, 0.1) is 0 Å². The standard InChI is InChI=1S/C10H14N2O2/c1-8(14)12-10(7-13)5-9-3-2-4-11-6-9/h2-4,6,10,13H,5,7H2,1H3,(H,12,14). The first-order valence-electron chi connectivity index (χ1n) is 4.49. The number of nitrogens with one attached hydrogen (secondary N) is 1. The maximum Gasteiger partial charge on any atom is 0.217 e. The van der Waals surface area contributed by atoms with E-state index in [0.717, 1.165) is 5.56 Å². The summed E-state index contributed by atoms with van der Waals surface area (Å²) >= 11 is 0. The molecule has 0 aliphatic rings. The Hall–Kier alpha value is -1.42. The molecule has 1 heterocycles. The highest BCUT2D eigenvalue weighted by Gasteiger charge is 2.08. The summed E-state index contributed by atoms with van der Waals surface area (Å²) < 4.78 is 0. The lowest BCUT2D eigenvalue weighted by molar-refractivity contribution is -0.119. The number of nitrogens with zero attached hydrogens (tertiary/aromatic N) is 1. The molecule has 1 aromatic heterocycles. The van der Waals surface area contributed by atoms with Crippen LogP contribution in [0.25, 0.3) is 0 Å². The van der Waals surface area contributed by atoms with Crippen molar-refractivity contribution in [3.05, 3.63) is 30.1 Å². The Labute approximate surface area is 83.0 Å². The van der Waals surface area contributed by atoms with Crippen LogP contribution < -0.4 is 5.32 Å². The van der Waals surface area contributed by atoms with E-state index in [1.165, 1.54) is 6.92 Å². The summed E-state index contributed by atoms with van der Waals surface area (Å²) in [6.45, 7) is 1.38. The fraction of sp³-hybridized carbons (Fsp3) is 0.400. The molecule has 1 unspecified atom stereocenters. The lowest BCUT2D eigenvalue weighted by Crippen LogP contribution is -2.37. The van der Waals surface area contributed by atoms with Gasteiger partial charge in [-0.1, -0.05) is 6.07 Å². The molecule has 1 aromatic rings. The van der Waals surface area contributed by atoms with Crippen molar-refractivity contribution in [1.82, 2.24) is 10.3 Å². The first kappa shape index (κ1) is 10.7. The molecule has 4 heteroatoms. The summed E-state index contributed by atoms with van der Waals surface area (Å²) in [6, 6.07) is 3.52. The minimum atomic E-state index is -0.225. The van der Waals surface area contributed by atoms with Gasteiger partial charge in [0.2, 0.25) is 5.91 Å². The Balaban J connectivity index is 2.53. The first-order chi connectivity index (χ1) is 6.72. The molecular weight excluding hydrogens is 180 g/mol. The number of aliphatic hydroxyl groups excluding tert-OH is 1. The number of aromatic nitrogens is 1. The normalized spacial score (nSPS) is 12.1. The van der Waals surface area contributed by atoms with Gasteiger partial charge in [0.15, 0.2) is 0 Å². The molecule has 4 nitrogen and oxygen atoms in total. The van der Waals surface area contributed by atoms with Crippen molar-refractivity contribution in [3.8, 4) is 0 Å². The van der Waals surface area contributed by atoms with E-state index < -0.39 is 0 Å². The molecule has 0 spiro atoms. The van der Waals surface area contributed by atoms with E-state index in [0.29, 0.717) is 6.42 Å². The van der Waals surface area contributed by atoms with E-state index >= 15 is 0 Å². The number of hydrogen-bond acceptors (Lipinski definition) is 3. The molecule has 76 valence electrons. The Kier molecular flexibility index (Phi) is 4.07. The van der Waals surface area contributed by atoms with Crippen molar-refractivity contribution in [2.24, 2.45) is 0 Å². The summed E-state index contributed by atoms with van der Waals surface area (Å²) in [5, 5.41) is 11.7. The van der Waals surface area contributed by atoms with Gasteiger partial charge in [0.25, 0.3) is 0 Å². The first-order valence-corrected chi connectivity index (χ1v) is 4.49. The molecular formula is C10H14N2O2. The number of pyridine rings is 1. The van der Waals surface area contributed by atoms with Crippen LogP contribution >= 0.6 is 0 Å². The van der Waals surface area contributed by atoms with Crippen LogP contribution in [-0.2, 0) is 11.2 Å². The van der Waals surface area contributed by atoms with E-state index in [1.54, 1.807) is 12.4 Å². The van der Waals surface area contributed by atoms with Gasteiger partial charge in [0.1, 0.15) is 0 Å². The van der Waals surface area contributed by atoms with Gasteiger partial charge in [-0.2, -0.15) is 0 Å². The van der Waals surface area contributed by atoms with Crippen molar-refractivity contribution in [1.29, 1.82) is 0 Å². The highest BCUT2D eigenvalue weighted by Crippen LogP contribution is 2.00. The van der Waals surface area contributed by atoms with Crippen LogP contribution in [0.3, 0.4) is 0 Å². The van der Waals surface area contributed by atoms with Gasteiger partial charge in [0.05, 0.1) is 12.6 Å². The highest BCUT2D eigenvalue weighted by molar-refractivity contribution is 5.73. The smallest absolute Gasteiger partial charge is 0.217 e. The van der Waals surface area contributed by atoms with Crippen LogP contribution in [0.15, 0.2) is 24.5 Å². The molecule has 14 heavy (non-hydrogen) atoms. The van der Waals surface area contributed by atoms with Crippen molar-refractivity contribution < 1.29 is 9.90 Å². The highest BCUT2D eigenvalue weighted by atomic mass is 16.3. The Morgan fingerprint density at radius 3 is 3.00 bits per heavy atom. The second kappa shape index (κ2) is 5.34. The molecule has 0 bridgehead atoms. The van der Waals surface area contributed by atoms with E-state index in [9.17, 15) is 4.79 Å². The van der Waals surface area contributed by atoms with Gasteiger partial charge in [0, 0.05) is 19.3 Å². The minimum absolute atomic E-state index is 0.0610. The minimum Gasteiger partial charge on any atom is -0.394 e. The molecule has 2 N–H and O–H groups in total. The summed E-state index contributed by atoms with van der Waals surface area (Å²) in [6.07, 6.45) is 4.02. The van der Waals surface area contributed by atoms with E-state index in [2.05, 4.69) is 10.3 Å². The number of rotatable bonds is 4. The summed E-state index contributed by atoms with van der Waals surface area (Å²) in [5.74, 6) is -0.132. The van der Waals surface area contributed by atoms with Crippen LogP contribution in [0.4, 0.5) is 0 Å². The molecule has 1 rings (SSSR count). The van der Waals surface area contributed by atoms with Gasteiger partial charge in [-0.05, 0) is 18.1 Å². The molecule has 0 aliphatic carbocycles. The molecule has 0 radical (unpaired) electrons. The van der Waals surface area contributed by atoms with E-state index in [-0.39, 0.29) is 18.6 Å². The fourth-order valence-electron chi connectivity index (χ4n) is 1.25. The van der Waals surface area contributed by atoms with Crippen LogP contribution in [-0.4, -0.2) is 28.6 Å². The SMILES string of the molecule is CC(=O)NC(CO)Cc1cccnc1. The maximum atomic E-state index is 10.8. The quantitative estimate of drug-likeness (QED) is 0.715. The van der Waals surface area contributed by atoms with Crippen molar-refractivity contribution in [3.63, 3.8) is 0 Å². The monoisotopic (exact) mass is 194 g/mol.